The lowest BCUT2D eigenvalue weighted by atomic mass is 10.2. The monoisotopic (exact) mass is 183 g/mol. The number of aryl methyl sites for hydroxylation is 1. The van der Waals surface area contributed by atoms with Crippen molar-refractivity contribution in [3.63, 3.8) is 0 Å². The maximum absolute atomic E-state index is 4.35. The highest BCUT2D eigenvalue weighted by Crippen LogP contribution is 2.21. The average molecular weight is 183 g/mol. The standard InChI is InChI=1S/C11H9N3/c1-14-7-13-11-9(14)5-4-8-3-2-6-12-10(8)11/h2-7H,1H3. The molecule has 0 radical (unpaired) electrons. The van der Waals surface area contributed by atoms with Crippen molar-refractivity contribution in [3.8, 4) is 0 Å². The molecule has 0 N–H and O–H groups in total. The Labute approximate surface area is 81.0 Å². The predicted octanol–water partition coefficient (Wildman–Crippen LogP) is 2.12. The van der Waals surface area contributed by atoms with Crippen molar-refractivity contribution >= 4 is 21.9 Å². The Balaban J connectivity index is 2.61. The number of pyridine rings is 1. The average Bonchev–Trinajstić information content (AvgIpc) is 2.61. The first-order valence-electron chi connectivity index (χ1n) is 4.51. The fourth-order valence-corrected chi connectivity index (χ4v) is 1.74. The molecule has 3 heteroatoms. The van der Waals surface area contributed by atoms with Crippen molar-refractivity contribution in [3.05, 3.63) is 36.8 Å². The molecular weight excluding hydrogens is 174 g/mol. The fraction of sp³-hybridized carbons (Fsp3) is 0.0909. The van der Waals surface area contributed by atoms with E-state index in [0.29, 0.717) is 0 Å². The summed E-state index contributed by atoms with van der Waals surface area (Å²) < 4.78 is 2.00. The Morgan fingerprint density at radius 2 is 2.00 bits per heavy atom. The van der Waals surface area contributed by atoms with E-state index in [1.165, 1.54) is 0 Å². The van der Waals surface area contributed by atoms with Crippen LogP contribution >= 0.6 is 0 Å². The Hall–Kier alpha value is -1.90. The first-order chi connectivity index (χ1) is 6.86. The third-order valence-corrected chi connectivity index (χ3v) is 2.47. The van der Waals surface area contributed by atoms with Gasteiger partial charge in [-0.05, 0) is 12.1 Å². The Morgan fingerprint density at radius 1 is 1.07 bits per heavy atom. The molecule has 3 rings (SSSR count). The lowest BCUT2D eigenvalue weighted by Crippen LogP contribution is -1.84. The molecule has 0 aliphatic heterocycles. The summed E-state index contributed by atoms with van der Waals surface area (Å²) in [4.78, 5) is 8.69. The summed E-state index contributed by atoms with van der Waals surface area (Å²) in [6, 6.07) is 8.15. The summed E-state index contributed by atoms with van der Waals surface area (Å²) in [5.74, 6) is 0. The molecule has 0 atom stereocenters. The quantitative estimate of drug-likeness (QED) is 0.534. The maximum atomic E-state index is 4.35. The largest absolute Gasteiger partial charge is 0.334 e. The van der Waals surface area contributed by atoms with E-state index in [1.54, 1.807) is 6.20 Å². The van der Waals surface area contributed by atoms with E-state index >= 15 is 0 Å². The molecule has 14 heavy (non-hydrogen) atoms. The summed E-state index contributed by atoms with van der Waals surface area (Å²) in [5.41, 5.74) is 3.08. The van der Waals surface area contributed by atoms with Crippen LogP contribution in [-0.4, -0.2) is 14.5 Å². The normalized spacial score (nSPS) is 11.2. The summed E-state index contributed by atoms with van der Waals surface area (Å²) in [6.45, 7) is 0. The van der Waals surface area contributed by atoms with Crippen LogP contribution in [0.3, 0.4) is 0 Å². The summed E-state index contributed by atoms with van der Waals surface area (Å²) in [6.07, 6.45) is 3.62. The number of hydrogen-bond donors (Lipinski definition) is 0. The van der Waals surface area contributed by atoms with Crippen LogP contribution in [0.1, 0.15) is 0 Å². The number of hydrogen-bond acceptors (Lipinski definition) is 2. The zero-order valence-electron chi connectivity index (χ0n) is 7.81. The molecule has 0 amide bonds. The highest BCUT2D eigenvalue weighted by atomic mass is 15.0. The second-order valence-corrected chi connectivity index (χ2v) is 3.36. The van der Waals surface area contributed by atoms with Crippen molar-refractivity contribution in [1.82, 2.24) is 14.5 Å². The van der Waals surface area contributed by atoms with Gasteiger partial charge in [0.1, 0.15) is 5.52 Å². The van der Waals surface area contributed by atoms with Crippen LogP contribution in [0.5, 0.6) is 0 Å². The molecule has 0 saturated heterocycles. The molecule has 0 aliphatic rings. The Bertz CT molecular complexity index is 610. The lowest BCUT2D eigenvalue weighted by molar-refractivity contribution is 0.948. The first kappa shape index (κ1) is 7.50. The van der Waals surface area contributed by atoms with Gasteiger partial charge >= 0.3 is 0 Å². The molecule has 0 spiro atoms. The first-order valence-corrected chi connectivity index (χ1v) is 4.51. The molecule has 0 unspecified atom stereocenters. The van der Waals surface area contributed by atoms with Crippen molar-refractivity contribution in [1.29, 1.82) is 0 Å². The van der Waals surface area contributed by atoms with Crippen LogP contribution in [0.4, 0.5) is 0 Å². The minimum absolute atomic E-state index is 0.977. The highest BCUT2D eigenvalue weighted by molar-refractivity contribution is 6.01. The van der Waals surface area contributed by atoms with Crippen LogP contribution in [0.2, 0.25) is 0 Å². The van der Waals surface area contributed by atoms with Crippen LogP contribution < -0.4 is 0 Å². The SMILES string of the molecule is Cn1cnc2c3ncccc3ccc21. The van der Waals surface area contributed by atoms with Gasteiger partial charge in [-0.3, -0.25) is 4.98 Å². The van der Waals surface area contributed by atoms with Gasteiger partial charge in [0.05, 0.1) is 17.4 Å². The second kappa shape index (κ2) is 2.54. The summed E-state index contributed by atoms with van der Waals surface area (Å²) in [5, 5.41) is 1.14. The molecule has 2 heterocycles. The van der Waals surface area contributed by atoms with Gasteiger partial charge in [-0.2, -0.15) is 0 Å². The van der Waals surface area contributed by atoms with Crippen molar-refractivity contribution in [2.45, 2.75) is 0 Å². The second-order valence-electron chi connectivity index (χ2n) is 3.36. The van der Waals surface area contributed by atoms with Gasteiger partial charge in [0.15, 0.2) is 0 Å². The van der Waals surface area contributed by atoms with E-state index in [1.807, 2.05) is 24.0 Å². The number of nitrogens with zero attached hydrogens (tertiary/aromatic N) is 3. The maximum Gasteiger partial charge on any atom is 0.115 e. The minimum atomic E-state index is 0.977. The number of rotatable bonds is 0. The number of benzene rings is 1. The van der Waals surface area contributed by atoms with Gasteiger partial charge in [-0.1, -0.05) is 12.1 Å². The Kier molecular flexibility index (Phi) is 1.36. The van der Waals surface area contributed by atoms with Crippen LogP contribution in [0.25, 0.3) is 21.9 Å². The van der Waals surface area contributed by atoms with Crippen LogP contribution in [0.15, 0.2) is 36.8 Å². The molecule has 0 aliphatic carbocycles. The van der Waals surface area contributed by atoms with E-state index in [9.17, 15) is 0 Å². The molecule has 0 fully saturated rings. The van der Waals surface area contributed by atoms with Gasteiger partial charge < -0.3 is 4.57 Å². The van der Waals surface area contributed by atoms with Gasteiger partial charge in [0.25, 0.3) is 0 Å². The lowest BCUT2D eigenvalue weighted by Gasteiger charge is -1.97. The molecule has 68 valence electrons. The number of fused-ring (bicyclic) bond motifs is 3. The van der Waals surface area contributed by atoms with Crippen LogP contribution in [0, 0.1) is 0 Å². The molecule has 0 bridgehead atoms. The van der Waals surface area contributed by atoms with Crippen molar-refractivity contribution in [2.24, 2.45) is 7.05 Å². The van der Waals surface area contributed by atoms with E-state index in [0.717, 1.165) is 21.9 Å². The number of imidazole rings is 1. The molecular formula is C11H9N3. The molecule has 3 aromatic rings. The van der Waals surface area contributed by atoms with Gasteiger partial charge in [0.2, 0.25) is 0 Å². The van der Waals surface area contributed by atoms with Crippen molar-refractivity contribution in [2.75, 3.05) is 0 Å². The van der Waals surface area contributed by atoms with Gasteiger partial charge in [-0.25, -0.2) is 4.98 Å². The Morgan fingerprint density at radius 3 is 2.93 bits per heavy atom. The van der Waals surface area contributed by atoms with E-state index < -0.39 is 0 Å². The topological polar surface area (TPSA) is 30.7 Å². The third-order valence-electron chi connectivity index (χ3n) is 2.47. The molecule has 1 aromatic carbocycles. The van der Waals surface area contributed by atoms with Gasteiger partial charge in [0, 0.05) is 18.6 Å². The van der Waals surface area contributed by atoms with Crippen molar-refractivity contribution < 1.29 is 0 Å². The highest BCUT2D eigenvalue weighted by Gasteiger charge is 2.04. The summed E-state index contributed by atoms with van der Waals surface area (Å²) in [7, 11) is 1.99. The van der Waals surface area contributed by atoms with E-state index in [-0.39, 0.29) is 0 Å². The fourth-order valence-electron chi connectivity index (χ4n) is 1.74. The van der Waals surface area contributed by atoms with E-state index in [4.69, 9.17) is 0 Å². The molecule has 3 nitrogen and oxygen atoms in total. The molecule has 0 saturated carbocycles. The zero-order valence-corrected chi connectivity index (χ0v) is 7.81. The third kappa shape index (κ3) is 0.865. The number of aromatic nitrogens is 3. The molecule has 2 aromatic heterocycles. The zero-order chi connectivity index (χ0) is 9.54. The predicted molar refractivity (Wildman–Crippen MR) is 56.0 cm³/mol. The van der Waals surface area contributed by atoms with Crippen LogP contribution in [-0.2, 0) is 7.05 Å². The smallest absolute Gasteiger partial charge is 0.115 e. The minimum Gasteiger partial charge on any atom is -0.334 e. The van der Waals surface area contributed by atoms with Gasteiger partial charge in [-0.15, -0.1) is 0 Å². The van der Waals surface area contributed by atoms with E-state index in [2.05, 4.69) is 28.2 Å². The summed E-state index contributed by atoms with van der Waals surface area (Å²) >= 11 is 0.